The van der Waals surface area contributed by atoms with Crippen LogP contribution in [0.25, 0.3) is 0 Å². The van der Waals surface area contributed by atoms with Gasteiger partial charge in [0.25, 0.3) is 18.2 Å². The summed E-state index contributed by atoms with van der Waals surface area (Å²) in [6.45, 7) is 0.237. The SMILES string of the molecule is O=C(NC1CCC(CN2C(=O)C(O)(c3ccccc3F)c3cccc(Cl)c32)CC1)c1cc(Cl)cnc1C(F)F. The fourth-order valence-corrected chi connectivity index (χ4v) is 5.93. The third-order valence-electron chi connectivity index (χ3n) is 7.42. The number of anilines is 1. The van der Waals surface area contributed by atoms with Crippen LogP contribution in [-0.2, 0) is 10.4 Å². The second kappa shape index (κ2) is 10.8. The van der Waals surface area contributed by atoms with E-state index in [1.165, 1.54) is 29.2 Å². The third-order valence-corrected chi connectivity index (χ3v) is 7.94. The summed E-state index contributed by atoms with van der Waals surface area (Å²) in [5.41, 5.74) is -2.69. The molecule has 5 rings (SSSR count). The minimum Gasteiger partial charge on any atom is -0.372 e. The van der Waals surface area contributed by atoms with Crippen LogP contribution in [0.5, 0.6) is 0 Å². The molecule has 2 aliphatic rings. The summed E-state index contributed by atoms with van der Waals surface area (Å²) in [6.07, 6.45) is 0.467. The van der Waals surface area contributed by atoms with Gasteiger partial charge in [0.2, 0.25) is 0 Å². The highest BCUT2D eigenvalue weighted by molar-refractivity contribution is 6.35. The van der Waals surface area contributed by atoms with Gasteiger partial charge < -0.3 is 15.3 Å². The Morgan fingerprint density at radius 3 is 2.49 bits per heavy atom. The Morgan fingerprint density at radius 2 is 1.79 bits per heavy atom. The summed E-state index contributed by atoms with van der Waals surface area (Å²) >= 11 is 12.3. The molecule has 11 heteroatoms. The van der Waals surface area contributed by atoms with Gasteiger partial charge in [-0.25, -0.2) is 13.2 Å². The van der Waals surface area contributed by atoms with Crippen molar-refractivity contribution >= 4 is 40.7 Å². The van der Waals surface area contributed by atoms with Gasteiger partial charge in [0.05, 0.1) is 21.3 Å². The normalized spacial score (nSPS) is 22.7. The maximum absolute atomic E-state index is 14.8. The molecule has 2 amide bonds. The number of aromatic nitrogens is 1. The molecule has 204 valence electrons. The highest BCUT2D eigenvalue weighted by atomic mass is 35.5. The number of alkyl halides is 2. The third kappa shape index (κ3) is 4.99. The minimum atomic E-state index is -2.92. The molecule has 1 aliphatic carbocycles. The average Bonchev–Trinajstić information content (AvgIpc) is 3.13. The predicted molar refractivity (Wildman–Crippen MR) is 141 cm³/mol. The number of hydrogen-bond donors (Lipinski definition) is 2. The number of carbonyl (C=O) groups is 2. The number of nitrogens with one attached hydrogen (secondary N) is 1. The molecule has 3 aromatic rings. The number of hydrogen-bond acceptors (Lipinski definition) is 4. The molecular formula is C28H24Cl2F3N3O3. The molecule has 1 unspecified atom stereocenters. The maximum Gasteiger partial charge on any atom is 0.281 e. The molecule has 2 heterocycles. The number of fused-ring (bicyclic) bond motifs is 1. The monoisotopic (exact) mass is 577 g/mol. The molecule has 1 aromatic heterocycles. The average molecular weight is 578 g/mol. The number of benzene rings is 2. The van der Waals surface area contributed by atoms with E-state index in [9.17, 15) is 27.9 Å². The van der Waals surface area contributed by atoms with E-state index in [0.717, 1.165) is 6.20 Å². The lowest BCUT2D eigenvalue weighted by Gasteiger charge is -2.32. The topological polar surface area (TPSA) is 82.5 Å². The van der Waals surface area contributed by atoms with E-state index >= 15 is 0 Å². The molecule has 0 bridgehead atoms. The van der Waals surface area contributed by atoms with Crippen LogP contribution < -0.4 is 10.2 Å². The van der Waals surface area contributed by atoms with E-state index < -0.39 is 35.4 Å². The van der Waals surface area contributed by atoms with E-state index in [1.807, 2.05) is 0 Å². The predicted octanol–water partition coefficient (Wildman–Crippen LogP) is 6.04. The summed E-state index contributed by atoms with van der Waals surface area (Å²) in [4.78, 5) is 31.4. The summed E-state index contributed by atoms with van der Waals surface area (Å²) in [6, 6.07) is 11.3. The Bertz CT molecular complexity index is 1430. The second-order valence-electron chi connectivity index (χ2n) is 9.82. The Kier molecular flexibility index (Phi) is 7.59. The molecule has 1 saturated carbocycles. The number of pyridine rings is 1. The first kappa shape index (κ1) is 27.4. The number of nitrogens with zero attached hydrogens (tertiary/aromatic N) is 2. The fraction of sp³-hybridized carbons (Fsp3) is 0.321. The van der Waals surface area contributed by atoms with E-state index in [0.29, 0.717) is 31.4 Å². The molecule has 0 saturated heterocycles. The molecule has 2 N–H and O–H groups in total. The quantitative estimate of drug-likeness (QED) is 0.374. The summed E-state index contributed by atoms with van der Waals surface area (Å²) in [7, 11) is 0. The molecule has 0 spiro atoms. The van der Waals surface area contributed by atoms with Gasteiger partial charge in [-0.05, 0) is 49.8 Å². The zero-order valence-corrected chi connectivity index (χ0v) is 22.0. The number of aliphatic hydroxyl groups is 1. The smallest absolute Gasteiger partial charge is 0.281 e. The first-order chi connectivity index (χ1) is 18.6. The van der Waals surface area contributed by atoms with Crippen LogP contribution >= 0.6 is 23.2 Å². The van der Waals surface area contributed by atoms with Crippen molar-refractivity contribution in [2.75, 3.05) is 11.4 Å². The Morgan fingerprint density at radius 1 is 1.10 bits per heavy atom. The van der Waals surface area contributed by atoms with Crippen molar-refractivity contribution in [2.24, 2.45) is 5.92 Å². The number of rotatable bonds is 6. The minimum absolute atomic E-state index is 0.00124. The zero-order chi connectivity index (χ0) is 27.9. The number of para-hydroxylation sites is 1. The van der Waals surface area contributed by atoms with Gasteiger partial charge in [-0.2, -0.15) is 0 Å². The lowest BCUT2D eigenvalue weighted by Crippen LogP contribution is -2.45. The largest absolute Gasteiger partial charge is 0.372 e. The van der Waals surface area contributed by atoms with Crippen LogP contribution in [0.3, 0.4) is 0 Å². The number of carbonyl (C=O) groups excluding carboxylic acids is 2. The van der Waals surface area contributed by atoms with Crippen molar-refractivity contribution in [3.05, 3.63) is 93.0 Å². The van der Waals surface area contributed by atoms with Gasteiger partial charge in [-0.3, -0.25) is 14.6 Å². The van der Waals surface area contributed by atoms with Crippen molar-refractivity contribution in [3.63, 3.8) is 0 Å². The van der Waals surface area contributed by atoms with Gasteiger partial charge in [-0.1, -0.05) is 53.5 Å². The number of amides is 2. The van der Waals surface area contributed by atoms with Gasteiger partial charge in [-0.15, -0.1) is 0 Å². The van der Waals surface area contributed by atoms with E-state index in [2.05, 4.69) is 10.3 Å². The van der Waals surface area contributed by atoms with Crippen LogP contribution in [0.1, 0.15) is 59.3 Å². The van der Waals surface area contributed by atoms with Crippen LogP contribution in [0, 0.1) is 11.7 Å². The van der Waals surface area contributed by atoms with Crippen LogP contribution in [0.4, 0.5) is 18.9 Å². The maximum atomic E-state index is 14.8. The van der Waals surface area contributed by atoms with Crippen molar-refractivity contribution in [1.29, 1.82) is 0 Å². The molecule has 6 nitrogen and oxygen atoms in total. The van der Waals surface area contributed by atoms with Gasteiger partial charge in [0.15, 0.2) is 5.60 Å². The second-order valence-corrected chi connectivity index (χ2v) is 10.7. The van der Waals surface area contributed by atoms with Gasteiger partial charge >= 0.3 is 0 Å². The van der Waals surface area contributed by atoms with Crippen molar-refractivity contribution in [3.8, 4) is 0 Å². The Hall–Kier alpha value is -3.14. The van der Waals surface area contributed by atoms with Crippen LogP contribution in [-0.4, -0.2) is 34.5 Å². The molecule has 1 aliphatic heterocycles. The standard InChI is InChI=1S/C28H24Cl2F3N3O3/c29-16-12-18(23(25(32)33)34-13-16)26(37)35-17-10-8-15(9-11-17)14-36-24-20(5-3-6-21(24)30)28(39,27(36)38)19-4-1-2-7-22(19)31/h1-7,12-13,15,17,25,39H,8-11,14H2,(H,35,37). The van der Waals surface area contributed by atoms with Crippen molar-refractivity contribution in [2.45, 2.75) is 43.8 Å². The first-order valence-corrected chi connectivity index (χ1v) is 13.2. The summed E-state index contributed by atoms with van der Waals surface area (Å²) in [5.74, 6) is -2.06. The fourth-order valence-electron chi connectivity index (χ4n) is 5.50. The van der Waals surface area contributed by atoms with E-state index in [1.54, 1.807) is 24.3 Å². The zero-order valence-electron chi connectivity index (χ0n) is 20.5. The number of halogens is 5. The van der Waals surface area contributed by atoms with E-state index in [-0.39, 0.29) is 45.2 Å². The van der Waals surface area contributed by atoms with Crippen molar-refractivity contribution in [1.82, 2.24) is 10.3 Å². The first-order valence-electron chi connectivity index (χ1n) is 12.4. The van der Waals surface area contributed by atoms with Gasteiger partial charge in [0.1, 0.15) is 11.5 Å². The van der Waals surface area contributed by atoms with Crippen LogP contribution in [0.15, 0.2) is 54.7 Å². The molecule has 1 fully saturated rings. The van der Waals surface area contributed by atoms with Crippen molar-refractivity contribution < 1.29 is 27.9 Å². The lowest BCUT2D eigenvalue weighted by molar-refractivity contribution is -0.132. The molecule has 0 radical (unpaired) electrons. The Labute approximate surface area is 232 Å². The Balaban J connectivity index is 1.30. The van der Waals surface area contributed by atoms with Crippen LogP contribution in [0.2, 0.25) is 10.0 Å². The molecule has 1 atom stereocenters. The lowest BCUT2D eigenvalue weighted by atomic mass is 9.85. The van der Waals surface area contributed by atoms with E-state index in [4.69, 9.17) is 23.2 Å². The molecule has 2 aromatic carbocycles. The van der Waals surface area contributed by atoms with Gasteiger partial charge in [0, 0.05) is 29.9 Å². The molecular weight excluding hydrogens is 554 g/mol. The summed E-state index contributed by atoms with van der Waals surface area (Å²) < 4.78 is 41.4. The molecule has 39 heavy (non-hydrogen) atoms. The summed E-state index contributed by atoms with van der Waals surface area (Å²) in [5, 5.41) is 14.7. The highest BCUT2D eigenvalue weighted by Crippen LogP contribution is 2.48. The highest BCUT2D eigenvalue weighted by Gasteiger charge is 2.53.